The first-order chi connectivity index (χ1) is 13.5. The molecular weight excluding hydrogens is 352 g/mol. The average Bonchev–Trinajstić information content (AvgIpc) is 3.05. The molecule has 0 saturated carbocycles. The van der Waals surface area contributed by atoms with Crippen LogP contribution in [0.3, 0.4) is 0 Å². The number of rotatable bonds is 3. The molecule has 4 heterocycles. The minimum atomic E-state index is 0.0307. The van der Waals surface area contributed by atoms with Crippen LogP contribution >= 0.6 is 0 Å². The summed E-state index contributed by atoms with van der Waals surface area (Å²) in [5.41, 5.74) is 2.39. The summed E-state index contributed by atoms with van der Waals surface area (Å²) in [4.78, 5) is 36.1. The number of hydrogen-bond acceptors (Lipinski definition) is 4. The van der Waals surface area contributed by atoms with Crippen LogP contribution in [0.5, 0.6) is 0 Å². The van der Waals surface area contributed by atoms with Crippen LogP contribution in [0, 0.1) is 5.92 Å². The third kappa shape index (κ3) is 3.59. The number of carbonyl (C=O) groups is 2. The molecular formula is C22H26N4O2. The van der Waals surface area contributed by atoms with Crippen LogP contribution in [-0.2, 0) is 0 Å². The fourth-order valence-corrected chi connectivity index (χ4v) is 4.26. The molecule has 3 aliphatic heterocycles. The largest absolute Gasteiger partial charge is 0.378 e. The van der Waals surface area contributed by atoms with E-state index in [0.29, 0.717) is 30.1 Å². The molecule has 0 radical (unpaired) electrons. The zero-order chi connectivity index (χ0) is 19.7. The normalized spacial score (nSPS) is 21.4. The molecule has 5 rings (SSSR count). The SMILES string of the molecule is CN(C)c1cccc(C(=O)N2C[C@H]3CC[C@@H]2CN(C(=O)c2ccncc2)C3)c1. The molecule has 6 nitrogen and oxygen atoms in total. The van der Waals surface area contributed by atoms with Gasteiger partial charge in [0.15, 0.2) is 0 Å². The summed E-state index contributed by atoms with van der Waals surface area (Å²) in [6.45, 7) is 2.02. The number of carbonyl (C=O) groups excluding carboxylic acids is 2. The van der Waals surface area contributed by atoms with E-state index < -0.39 is 0 Å². The van der Waals surface area contributed by atoms with Gasteiger partial charge < -0.3 is 14.7 Å². The Kier molecular flexibility index (Phi) is 5.03. The number of fused-ring (bicyclic) bond motifs is 4. The van der Waals surface area contributed by atoms with E-state index in [-0.39, 0.29) is 17.9 Å². The van der Waals surface area contributed by atoms with Gasteiger partial charge in [-0.25, -0.2) is 0 Å². The van der Waals surface area contributed by atoms with Gasteiger partial charge in [0.1, 0.15) is 0 Å². The molecule has 0 unspecified atom stereocenters. The van der Waals surface area contributed by atoms with Crippen molar-refractivity contribution in [1.29, 1.82) is 0 Å². The van der Waals surface area contributed by atoms with Crippen LogP contribution < -0.4 is 4.90 Å². The highest BCUT2D eigenvalue weighted by molar-refractivity contribution is 5.96. The Hall–Kier alpha value is -2.89. The summed E-state index contributed by atoms with van der Waals surface area (Å²) in [6, 6.07) is 11.3. The second kappa shape index (κ2) is 7.62. The van der Waals surface area contributed by atoms with Crippen molar-refractivity contribution in [2.24, 2.45) is 5.92 Å². The molecule has 2 aromatic rings. The molecule has 2 bridgehead atoms. The Morgan fingerprint density at radius 3 is 2.50 bits per heavy atom. The van der Waals surface area contributed by atoms with Gasteiger partial charge in [-0.05, 0) is 49.1 Å². The van der Waals surface area contributed by atoms with Gasteiger partial charge in [0, 0.05) is 69.0 Å². The fourth-order valence-electron chi connectivity index (χ4n) is 4.26. The predicted molar refractivity (Wildman–Crippen MR) is 108 cm³/mol. The summed E-state index contributed by atoms with van der Waals surface area (Å²) in [7, 11) is 3.94. The molecule has 3 fully saturated rings. The minimum absolute atomic E-state index is 0.0307. The van der Waals surface area contributed by atoms with Gasteiger partial charge in [0.2, 0.25) is 0 Å². The van der Waals surface area contributed by atoms with Gasteiger partial charge in [0.25, 0.3) is 11.8 Å². The predicted octanol–water partition coefficient (Wildman–Crippen LogP) is 2.52. The third-order valence-electron chi connectivity index (χ3n) is 5.80. The number of anilines is 1. The molecule has 0 N–H and O–H groups in total. The van der Waals surface area contributed by atoms with Crippen molar-refractivity contribution in [2.75, 3.05) is 38.6 Å². The molecule has 6 heteroatoms. The van der Waals surface area contributed by atoms with Crippen molar-refractivity contribution in [3.63, 3.8) is 0 Å². The molecule has 0 aliphatic carbocycles. The Bertz CT molecular complexity index is 868. The van der Waals surface area contributed by atoms with Gasteiger partial charge >= 0.3 is 0 Å². The van der Waals surface area contributed by atoms with Crippen molar-refractivity contribution in [2.45, 2.75) is 18.9 Å². The van der Waals surface area contributed by atoms with Crippen molar-refractivity contribution in [3.05, 3.63) is 59.9 Å². The Labute approximate surface area is 165 Å². The van der Waals surface area contributed by atoms with Gasteiger partial charge in [-0.1, -0.05) is 6.07 Å². The molecule has 28 heavy (non-hydrogen) atoms. The first-order valence-electron chi connectivity index (χ1n) is 9.80. The number of piperidine rings is 1. The molecule has 3 saturated heterocycles. The summed E-state index contributed by atoms with van der Waals surface area (Å²) in [5, 5.41) is 0. The van der Waals surface area contributed by atoms with Gasteiger partial charge in [-0.2, -0.15) is 0 Å². The van der Waals surface area contributed by atoms with Crippen molar-refractivity contribution < 1.29 is 9.59 Å². The van der Waals surface area contributed by atoms with E-state index in [4.69, 9.17) is 0 Å². The summed E-state index contributed by atoms with van der Waals surface area (Å²) in [5.74, 6) is 0.422. The Balaban J connectivity index is 1.54. The third-order valence-corrected chi connectivity index (χ3v) is 5.80. The van der Waals surface area contributed by atoms with E-state index in [1.165, 1.54) is 0 Å². The van der Waals surface area contributed by atoms with Crippen molar-refractivity contribution >= 4 is 17.5 Å². The number of hydrogen-bond donors (Lipinski definition) is 0. The number of benzene rings is 1. The summed E-state index contributed by atoms with van der Waals surface area (Å²) < 4.78 is 0. The van der Waals surface area contributed by atoms with E-state index in [9.17, 15) is 9.59 Å². The van der Waals surface area contributed by atoms with Crippen molar-refractivity contribution in [1.82, 2.24) is 14.8 Å². The van der Waals surface area contributed by atoms with Gasteiger partial charge in [0.05, 0.1) is 0 Å². The van der Waals surface area contributed by atoms with E-state index in [1.807, 2.05) is 53.1 Å². The van der Waals surface area contributed by atoms with E-state index in [1.54, 1.807) is 24.5 Å². The highest BCUT2D eigenvalue weighted by Crippen LogP contribution is 2.30. The monoisotopic (exact) mass is 378 g/mol. The molecule has 2 atom stereocenters. The Morgan fingerprint density at radius 1 is 0.964 bits per heavy atom. The van der Waals surface area contributed by atoms with Crippen LogP contribution in [0.2, 0.25) is 0 Å². The smallest absolute Gasteiger partial charge is 0.254 e. The molecule has 0 spiro atoms. The van der Waals surface area contributed by atoms with Crippen LogP contribution in [0.4, 0.5) is 5.69 Å². The maximum atomic E-state index is 13.3. The first-order valence-corrected chi connectivity index (χ1v) is 9.80. The van der Waals surface area contributed by atoms with Crippen LogP contribution in [0.15, 0.2) is 48.8 Å². The Morgan fingerprint density at radius 2 is 1.75 bits per heavy atom. The summed E-state index contributed by atoms with van der Waals surface area (Å²) >= 11 is 0. The number of pyridine rings is 1. The van der Waals surface area contributed by atoms with Crippen molar-refractivity contribution in [3.8, 4) is 0 Å². The highest BCUT2D eigenvalue weighted by Gasteiger charge is 2.39. The second-order valence-corrected chi connectivity index (χ2v) is 7.95. The highest BCUT2D eigenvalue weighted by atomic mass is 16.2. The van der Waals surface area contributed by atoms with Gasteiger partial charge in [-0.3, -0.25) is 14.6 Å². The zero-order valence-corrected chi connectivity index (χ0v) is 16.4. The number of aromatic nitrogens is 1. The molecule has 1 aromatic heterocycles. The fraction of sp³-hybridized carbons (Fsp3) is 0.409. The van der Waals surface area contributed by atoms with Crippen LogP contribution in [0.25, 0.3) is 0 Å². The lowest BCUT2D eigenvalue weighted by Gasteiger charge is -2.36. The standard InChI is InChI=1S/C22H26N4O2/c1-24(2)19-5-3-4-18(12-19)22(28)26-14-16-6-7-20(26)15-25(13-16)21(27)17-8-10-23-11-9-17/h3-5,8-12,16,20H,6-7,13-15H2,1-2H3/t16-,20+/m0/s1. The first kappa shape index (κ1) is 18.5. The lowest BCUT2D eigenvalue weighted by molar-refractivity contribution is 0.0574. The molecule has 3 aliphatic rings. The zero-order valence-electron chi connectivity index (χ0n) is 16.4. The molecule has 2 amide bonds. The number of amides is 2. The topological polar surface area (TPSA) is 56.8 Å². The summed E-state index contributed by atoms with van der Waals surface area (Å²) in [6.07, 6.45) is 5.30. The lowest BCUT2D eigenvalue weighted by atomic mass is 9.94. The maximum absolute atomic E-state index is 13.3. The molecule has 146 valence electrons. The van der Waals surface area contributed by atoms with E-state index in [2.05, 4.69) is 4.98 Å². The average molecular weight is 378 g/mol. The molecule has 1 aromatic carbocycles. The minimum Gasteiger partial charge on any atom is -0.378 e. The van der Waals surface area contributed by atoms with E-state index in [0.717, 1.165) is 25.1 Å². The maximum Gasteiger partial charge on any atom is 0.254 e. The quantitative estimate of drug-likeness (QED) is 0.824. The lowest BCUT2D eigenvalue weighted by Crippen LogP contribution is -2.47. The number of nitrogens with zero attached hydrogens (tertiary/aromatic N) is 4. The van der Waals surface area contributed by atoms with Gasteiger partial charge in [-0.15, -0.1) is 0 Å². The van der Waals surface area contributed by atoms with Crippen LogP contribution in [-0.4, -0.2) is 66.4 Å². The van der Waals surface area contributed by atoms with Crippen LogP contribution in [0.1, 0.15) is 33.6 Å². The second-order valence-electron chi connectivity index (χ2n) is 7.95. The van der Waals surface area contributed by atoms with E-state index >= 15 is 0 Å².